The Hall–Kier alpha value is -2.15. The molecule has 1 heteroatoms. The average Bonchev–Trinajstić information content (AvgIpc) is 2.38. The summed E-state index contributed by atoms with van der Waals surface area (Å²) >= 11 is 0. The van der Waals surface area contributed by atoms with Gasteiger partial charge in [0.15, 0.2) is 5.78 Å². The Bertz CT molecular complexity index is 560. The Morgan fingerprint density at radius 2 is 1.33 bits per heavy atom. The minimum atomic E-state index is 0.0376. The van der Waals surface area contributed by atoms with Crippen LogP contribution in [0.4, 0.5) is 0 Å². The lowest BCUT2D eigenvalue weighted by atomic mass is 10.1. The van der Waals surface area contributed by atoms with Crippen molar-refractivity contribution in [1.29, 1.82) is 0 Å². The van der Waals surface area contributed by atoms with Crippen molar-refractivity contribution in [3.8, 4) is 0 Å². The van der Waals surface area contributed by atoms with E-state index in [-0.39, 0.29) is 5.78 Å². The number of ketones is 1. The summed E-state index contributed by atoms with van der Waals surface area (Å²) in [5, 5.41) is 0. The second kappa shape index (κ2) is 5.46. The van der Waals surface area contributed by atoms with Crippen molar-refractivity contribution in [3.05, 3.63) is 76.9 Å². The zero-order chi connectivity index (χ0) is 13.0. The molecule has 0 amide bonds. The predicted molar refractivity (Wildman–Crippen MR) is 75.7 cm³/mol. The first kappa shape index (κ1) is 12.3. The molecular formula is C17H16O. The van der Waals surface area contributed by atoms with E-state index in [2.05, 4.69) is 0 Å². The van der Waals surface area contributed by atoms with E-state index in [0.29, 0.717) is 0 Å². The highest BCUT2D eigenvalue weighted by Gasteiger charge is 2.00. The highest BCUT2D eigenvalue weighted by molar-refractivity contribution is 6.06. The topological polar surface area (TPSA) is 17.1 Å². The Morgan fingerprint density at radius 3 is 1.89 bits per heavy atom. The summed E-state index contributed by atoms with van der Waals surface area (Å²) < 4.78 is 0. The van der Waals surface area contributed by atoms with Crippen LogP contribution in [0.1, 0.15) is 27.0 Å². The van der Waals surface area contributed by atoms with Crippen LogP contribution in [0.25, 0.3) is 6.08 Å². The van der Waals surface area contributed by atoms with Crippen LogP contribution in [0.15, 0.2) is 54.6 Å². The number of benzene rings is 2. The second-order valence-corrected chi connectivity index (χ2v) is 4.47. The number of rotatable bonds is 3. The van der Waals surface area contributed by atoms with E-state index in [1.54, 1.807) is 6.08 Å². The third kappa shape index (κ3) is 3.17. The Morgan fingerprint density at radius 1 is 0.833 bits per heavy atom. The molecule has 0 radical (unpaired) electrons. The van der Waals surface area contributed by atoms with Crippen LogP contribution in [0.2, 0.25) is 0 Å². The molecule has 90 valence electrons. The fourth-order valence-corrected chi connectivity index (χ4v) is 1.66. The minimum absolute atomic E-state index is 0.0376. The zero-order valence-corrected chi connectivity index (χ0v) is 10.7. The molecule has 2 aromatic carbocycles. The van der Waals surface area contributed by atoms with Gasteiger partial charge in [-0.3, -0.25) is 4.79 Å². The van der Waals surface area contributed by atoms with Crippen LogP contribution in [-0.2, 0) is 0 Å². The van der Waals surface area contributed by atoms with Gasteiger partial charge in [-0.25, -0.2) is 0 Å². The zero-order valence-electron chi connectivity index (χ0n) is 10.7. The van der Waals surface area contributed by atoms with Gasteiger partial charge in [0.05, 0.1) is 0 Å². The van der Waals surface area contributed by atoms with Crippen LogP contribution >= 0.6 is 0 Å². The fourth-order valence-electron chi connectivity index (χ4n) is 1.66. The van der Waals surface area contributed by atoms with Gasteiger partial charge in [-0.1, -0.05) is 65.7 Å². The van der Waals surface area contributed by atoms with E-state index in [1.807, 2.05) is 68.5 Å². The number of carbonyl (C=O) groups is 1. The van der Waals surface area contributed by atoms with Gasteiger partial charge in [-0.2, -0.15) is 0 Å². The molecular weight excluding hydrogens is 220 g/mol. The second-order valence-electron chi connectivity index (χ2n) is 4.47. The molecule has 18 heavy (non-hydrogen) atoms. The van der Waals surface area contributed by atoms with Crippen LogP contribution in [0, 0.1) is 13.8 Å². The summed E-state index contributed by atoms with van der Waals surface area (Å²) in [5.41, 5.74) is 4.15. The SMILES string of the molecule is Cc1ccc(/C=C/C(=O)c2ccc(C)cc2)cc1. The monoisotopic (exact) mass is 236 g/mol. The third-order valence-corrected chi connectivity index (χ3v) is 2.84. The molecule has 0 aliphatic rings. The molecule has 0 aromatic heterocycles. The minimum Gasteiger partial charge on any atom is -0.289 e. The van der Waals surface area contributed by atoms with Gasteiger partial charge < -0.3 is 0 Å². The van der Waals surface area contributed by atoms with E-state index in [4.69, 9.17) is 0 Å². The molecule has 0 bridgehead atoms. The van der Waals surface area contributed by atoms with E-state index < -0.39 is 0 Å². The summed E-state index contributed by atoms with van der Waals surface area (Å²) in [6.45, 7) is 4.06. The molecule has 0 atom stereocenters. The first-order valence-electron chi connectivity index (χ1n) is 6.01. The molecule has 0 saturated carbocycles. The fraction of sp³-hybridized carbons (Fsp3) is 0.118. The van der Waals surface area contributed by atoms with Crippen molar-refractivity contribution in [1.82, 2.24) is 0 Å². The lowest BCUT2D eigenvalue weighted by Crippen LogP contribution is -1.93. The van der Waals surface area contributed by atoms with Crippen molar-refractivity contribution < 1.29 is 4.79 Å². The van der Waals surface area contributed by atoms with Gasteiger partial charge in [0.2, 0.25) is 0 Å². The van der Waals surface area contributed by atoms with Crippen molar-refractivity contribution >= 4 is 11.9 Å². The normalized spacial score (nSPS) is 10.8. The van der Waals surface area contributed by atoms with Gasteiger partial charge in [0, 0.05) is 5.56 Å². The first-order valence-corrected chi connectivity index (χ1v) is 6.01. The molecule has 0 unspecified atom stereocenters. The molecule has 0 fully saturated rings. The molecule has 2 rings (SSSR count). The quantitative estimate of drug-likeness (QED) is 0.576. The highest BCUT2D eigenvalue weighted by atomic mass is 16.1. The smallest absolute Gasteiger partial charge is 0.185 e. The molecule has 2 aromatic rings. The standard InChI is InChI=1S/C17H16O/c1-13-3-7-15(8-4-13)9-12-17(18)16-10-5-14(2)6-11-16/h3-12H,1-2H3/b12-9+. The molecule has 0 spiro atoms. The molecule has 0 N–H and O–H groups in total. The maximum absolute atomic E-state index is 11.9. The Kier molecular flexibility index (Phi) is 3.73. The Labute approximate surface area is 108 Å². The van der Waals surface area contributed by atoms with Crippen LogP contribution in [0.5, 0.6) is 0 Å². The molecule has 1 nitrogen and oxygen atoms in total. The van der Waals surface area contributed by atoms with E-state index >= 15 is 0 Å². The number of hydrogen-bond donors (Lipinski definition) is 0. The summed E-state index contributed by atoms with van der Waals surface area (Å²) in [5.74, 6) is 0.0376. The molecule has 0 saturated heterocycles. The summed E-state index contributed by atoms with van der Waals surface area (Å²) in [6.07, 6.45) is 3.47. The average molecular weight is 236 g/mol. The maximum atomic E-state index is 11.9. The lowest BCUT2D eigenvalue weighted by Gasteiger charge is -1.97. The number of hydrogen-bond acceptors (Lipinski definition) is 1. The number of aryl methyl sites for hydroxylation is 2. The molecule has 0 aliphatic carbocycles. The maximum Gasteiger partial charge on any atom is 0.185 e. The van der Waals surface area contributed by atoms with Crippen molar-refractivity contribution in [2.24, 2.45) is 0 Å². The summed E-state index contributed by atoms with van der Waals surface area (Å²) in [6, 6.07) is 15.7. The number of allylic oxidation sites excluding steroid dienone is 1. The van der Waals surface area contributed by atoms with E-state index in [1.165, 1.54) is 5.56 Å². The van der Waals surface area contributed by atoms with Crippen LogP contribution in [0.3, 0.4) is 0 Å². The Balaban J connectivity index is 2.11. The van der Waals surface area contributed by atoms with Crippen molar-refractivity contribution in [3.63, 3.8) is 0 Å². The third-order valence-electron chi connectivity index (χ3n) is 2.84. The summed E-state index contributed by atoms with van der Waals surface area (Å²) in [7, 11) is 0. The van der Waals surface area contributed by atoms with Crippen molar-refractivity contribution in [2.45, 2.75) is 13.8 Å². The van der Waals surface area contributed by atoms with E-state index in [0.717, 1.165) is 16.7 Å². The van der Waals surface area contributed by atoms with E-state index in [9.17, 15) is 4.79 Å². The van der Waals surface area contributed by atoms with Gasteiger partial charge in [0.25, 0.3) is 0 Å². The molecule has 0 heterocycles. The first-order chi connectivity index (χ1) is 8.65. The number of carbonyl (C=O) groups excluding carboxylic acids is 1. The van der Waals surface area contributed by atoms with Crippen LogP contribution in [-0.4, -0.2) is 5.78 Å². The van der Waals surface area contributed by atoms with Crippen molar-refractivity contribution in [2.75, 3.05) is 0 Å². The van der Waals surface area contributed by atoms with Gasteiger partial charge in [-0.15, -0.1) is 0 Å². The summed E-state index contributed by atoms with van der Waals surface area (Å²) in [4.78, 5) is 11.9. The van der Waals surface area contributed by atoms with Gasteiger partial charge in [0.1, 0.15) is 0 Å². The largest absolute Gasteiger partial charge is 0.289 e. The predicted octanol–water partition coefficient (Wildman–Crippen LogP) is 4.20. The highest BCUT2D eigenvalue weighted by Crippen LogP contribution is 2.08. The lowest BCUT2D eigenvalue weighted by molar-refractivity contribution is 0.104. The van der Waals surface area contributed by atoms with Gasteiger partial charge >= 0.3 is 0 Å². The van der Waals surface area contributed by atoms with Gasteiger partial charge in [-0.05, 0) is 25.5 Å². The molecule has 0 aliphatic heterocycles. The van der Waals surface area contributed by atoms with Crippen LogP contribution < -0.4 is 0 Å².